The van der Waals surface area contributed by atoms with E-state index in [1.54, 1.807) is 0 Å². The van der Waals surface area contributed by atoms with Gasteiger partial charge in [-0.05, 0) is 5.56 Å². The lowest BCUT2D eigenvalue weighted by molar-refractivity contribution is 0.0339. The zero-order valence-corrected chi connectivity index (χ0v) is 6.90. The first-order valence-electron chi connectivity index (χ1n) is 4.24. The molecule has 66 valence electrons. The Hall–Kier alpha value is -1.19. The number of hydrogen-bond donors (Lipinski definition) is 0. The van der Waals surface area contributed by atoms with Crippen LogP contribution in [0.25, 0.3) is 0 Å². The maximum absolute atomic E-state index is 11.7. The Balaban J connectivity index is 2.19. The summed E-state index contributed by atoms with van der Waals surface area (Å²) in [6.45, 7) is 0.232. The number of hydrogen-bond acceptors (Lipinski definition) is 3. The van der Waals surface area contributed by atoms with E-state index in [-0.39, 0.29) is 18.7 Å². The average Bonchev–Trinajstić information content (AvgIpc) is 2.72. The molecule has 1 aromatic rings. The molecular weight excluding hydrogens is 168 g/mol. The largest absolute Gasteiger partial charge is 0.344 e. The van der Waals surface area contributed by atoms with Crippen LogP contribution in [0, 0.1) is 0 Å². The lowest BCUT2D eigenvalue weighted by atomic mass is 10.1. The summed E-state index contributed by atoms with van der Waals surface area (Å²) in [6.07, 6.45) is -0.555. The molecule has 1 saturated heterocycles. The molecule has 1 aromatic carbocycles. The summed E-state index contributed by atoms with van der Waals surface area (Å²) >= 11 is 0. The van der Waals surface area contributed by atoms with Crippen LogP contribution in [-0.2, 0) is 9.47 Å². The molecule has 0 spiro atoms. The highest BCUT2D eigenvalue weighted by atomic mass is 16.7. The minimum absolute atomic E-state index is 0.0538. The maximum Gasteiger partial charge on any atom is 0.195 e. The molecule has 0 saturated carbocycles. The zero-order valence-electron chi connectivity index (χ0n) is 6.90. The van der Waals surface area contributed by atoms with Gasteiger partial charge in [-0.15, -0.1) is 0 Å². The summed E-state index contributed by atoms with van der Waals surface area (Å²) in [6, 6.07) is 7.52. The molecule has 3 rings (SSSR count). The lowest BCUT2D eigenvalue weighted by Gasteiger charge is -2.04. The molecule has 0 amide bonds. The van der Waals surface area contributed by atoms with Crippen molar-refractivity contribution in [1.29, 1.82) is 0 Å². The number of Topliss-reactive ketones (excluding diaryl/α,β-unsaturated/α-hetero) is 1. The van der Waals surface area contributed by atoms with E-state index in [0.717, 1.165) is 11.1 Å². The Morgan fingerprint density at radius 2 is 1.92 bits per heavy atom. The smallest absolute Gasteiger partial charge is 0.195 e. The minimum atomic E-state index is -0.391. The quantitative estimate of drug-likeness (QED) is 0.597. The maximum atomic E-state index is 11.7. The van der Waals surface area contributed by atoms with Crippen molar-refractivity contribution in [2.75, 3.05) is 6.79 Å². The van der Waals surface area contributed by atoms with Gasteiger partial charge in [0.1, 0.15) is 12.9 Å². The second-order valence-corrected chi connectivity index (χ2v) is 3.24. The topological polar surface area (TPSA) is 35.5 Å². The third-order valence-corrected chi connectivity index (χ3v) is 2.56. The summed E-state index contributed by atoms with van der Waals surface area (Å²) in [5, 5.41) is 0. The molecule has 0 aromatic heterocycles. The molecule has 1 aliphatic heterocycles. The first kappa shape index (κ1) is 7.24. The van der Waals surface area contributed by atoms with Gasteiger partial charge in [0.15, 0.2) is 11.9 Å². The number of benzene rings is 1. The summed E-state index contributed by atoms with van der Waals surface area (Å²) in [7, 11) is 0. The predicted octanol–water partition coefficient (Wildman–Crippen LogP) is 1.30. The molecule has 2 unspecified atom stereocenters. The molecule has 2 atom stereocenters. The van der Waals surface area contributed by atoms with E-state index in [2.05, 4.69) is 0 Å². The van der Waals surface area contributed by atoms with Crippen LogP contribution in [0.1, 0.15) is 22.0 Å². The van der Waals surface area contributed by atoms with E-state index in [0.29, 0.717) is 0 Å². The zero-order chi connectivity index (χ0) is 8.84. The highest BCUT2D eigenvalue weighted by Gasteiger charge is 2.44. The van der Waals surface area contributed by atoms with E-state index in [1.807, 2.05) is 24.3 Å². The van der Waals surface area contributed by atoms with Gasteiger partial charge in [-0.1, -0.05) is 24.3 Å². The van der Waals surface area contributed by atoms with Crippen LogP contribution in [0.5, 0.6) is 0 Å². The highest BCUT2D eigenvalue weighted by molar-refractivity contribution is 6.04. The molecule has 0 bridgehead atoms. The number of ketones is 1. The highest BCUT2D eigenvalue weighted by Crippen LogP contribution is 2.39. The van der Waals surface area contributed by atoms with Crippen molar-refractivity contribution < 1.29 is 14.3 Å². The van der Waals surface area contributed by atoms with Crippen LogP contribution < -0.4 is 0 Å². The molecule has 3 heteroatoms. The Morgan fingerprint density at radius 1 is 1.15 bits per heavy atom. The van der Waals surface area contributed by atoms with E-state index < -0.39 is 6.10 Å². The SMILES string of the molecule is O=C1c2ccccc2C2OCOC12. The summed E-state index contributed by atoms with van der Waals surface area (Å²) in [5.74, 6) is 0.0538. The van der Waals surface area contributed by atoms with E-state index in [9.17, 15) is 4.79 Å². The van der Waals surface area contributed by atoms with E-state index in [1.165, 1.54) is 0 Å². The molecule has 13 heavy (non-hydrogen) atoms. The average molecular weight is 176 g/mol. The first-order chi connectivity index (χ1) is 6.38. The van der Waals surface area contributed by atoms with Gasteiger partial charge >= 0.3 is 0 Å². The van der Waals surface area contributed by atoms with Crippen LogP contribution in [0.4, 0.5) is 0 Å². The molecule has 0 radical (unpaired) electrons. The number of rotatable bonds is 0. The fourth-order valence-corrected chi connectivity index (χ4v) is 1.95. The van der Waals surface area contributed by atoms with Gasteiger partial charge in [-0.2, -0.15) is 0 Å². The lowest BCUT2D eigenvalue weighted by Crippen LogP contribution is -2.17. The third kappa shape index (κ3) is 0.829. The molecule has 0 N–H and O–H groups in total. The van der Waals surface area contributed by atoms with Crippen molar-refractivity contribution in [2.24, 2.45) is 0 Å². The number of carbonyl (C=O) groups excluding carboxylic acids is 1. The van der Waals surface area contributed by atoms with E-state index >= 15 is 0 Å². The van der Waals surface area contributed by atoms with Crippen molar-refractivity contribution >= 4 is 5.78 Å². The van der Waals surface area contributed by atoms with Crippen LogP contribution in [0.3, 0.4) is 0 Å². The third-order valence-electron chi connectivity index (χ3n) is 2.56. The van der Waals surface area contributed by atoms with Gasteiger partial charge in [-0.3, -0.25) is 4.79 Å². The van der Waals surface area contributed by atoms with Gasteiger partial charge in [0, 0.05) is 5.56 Å². The van der Waals surface area contributed by atoms with Gasteiger partial charge in [0.2, 0.25) is 0 Å². The van der Waals surface area contributed by atoms with Crippen LogP contribution in [-0.4, -0.2) is 18.7 Å². The van der Waals surface area contributed by atoms with Gasteiger partial charge in [-0.25, -0.2) is 0 Å². The number of ether oxygens (including phenoxy) is 2. The van der Waals surface area contributed by atoms with Gasteiger partial charge in [0.05, 0.1) is 0 Å². The normalized spacial score (nSPS) is 30.3. The van der Waals surface area contributed by atoms with Crippen molar-refractivity contribution in [1.82, 2.24) is 0 Å². The molecule has 3 nitrogen and oxygen atoms in total. The predicted molar refractivity (Wildman–Crippen MR) is 44.3 cm³/mol. The summed E-state index contributed by atoms with van der Waals surface area (Å²) in [4.78, 5) is 11.7. The van der Waals surface area contributed by atoms with Crippen molar-refractivity contribution in [2.45, 2.75) is 12.2 Å². The van der Waals surface area contributed by atoms with Crippen molar-refractivity contribution in [3.63, 3.8) is 0 Å². The van der Waals surface area contributed by atoms with Crippen LogP contribution >= 0.6 is 0 Å². The van der Waals surface area contributed by atoms with Crippen LogP contribution in [0.2, 0.25) is 0 Å². The Labute approximate surface area is 75.3 Å². The first-order valence-corrected chi connectivity index (χ1v) is 4.24. The second kappa shape index (κ2) is 2.40. The summed E-state index contributed by atoms with van der Waals surface area (Å²) < 4.78 is 10.5. The summed E-state index contributed by atoms with van der Waals surface area (Å²) in [5.41, 5.74) is 1.72. The second-order valence-electron chi connectivity index (χ2n) is 3.24. The van der Waals surface area contributed by atoms with E-state index in [4.69, 9.17) is 9.47 Å². The standard InChI is InChI=1S/C10H8O3/c11-8-6-3-1-2-4-7(6)9-10(8)13-5-12-9/h1-4,9-10H,5H2. The Kier molecular flexibility index (Phi) is 1.34. The Bertz CT molecular complexity index is 372. The Morgan fingerprint density at radius 3 is 2.85 bits per heavy atom. The molecule has 2 aliphatic rings. The van der Waals surface area contributed by atoms with Crippen LogP contribution in [0.15, 0.2) is 24.3 Å². The minimum Gasteiger partial charge on any atom is -0.344 e. The van der Waals surface area contributed by atoms with Crippen molar-refractivity contribution in [3.05, 3.63) is 35.4 Å². The molecule has 1 aliphatic carbocycles. The van der Waals surface area contributed by atoms with Gasteiger partial charge in [0.25, 0.3) is 0 Å². The fraction of sp³-hybridized carbons (Fsp3) is 0.300. The fourth-order valence-electron chi connectivity index (χ4n) is 1.95. The van der Waals surface area contributed by atoms with Gasteiger partial charge < -0.3 is 9.47 Å². The van der Waals surface area contributed by atoms with Crippen molar-refractivity contribution in [3.8, 4) is 0 Å². The number of fused-ring (bicyclic) bond motifs is 3. The number of carbonyl (C=O) groups is 1. The molecule has 1 heterocycles. The monoisotopic (exact) mass is 176 g/mol. The molecule has 1 fully saturated rings. The molecular formula is C10H8O3.